The molecule has 0 bridgehead atoms. The fourth-order valence-electron chi connectivity index (χ4n) is 1.48. The molecule has 0 spiro atoms. The minimum atomic E-state index is 0.491. The zero-order chi connectivity index (χ0) is 10.8. The average Bonchev–Trinajstić information content (AvgIpc) is 3.08. The molecule has 1 saturated carbocycles. The first-order valence-corrected chi connectivity index (χ1v) is 5.38. The number of nitrogens with one attached hydrogen (secondary N) is 1. The highest BCUT2D eigenvalue weighted by atomic mass is 16.4. The van der Waals surface area contributed by atoms with Crippen LogP contribution in [0.25, 0.3) is 0 Å². The van der Waals surface area contributed by atoms with Crippen molar-refractivity contribution in [2.45, 2.75) is 25.3 Å². The zero-order valence-corrected chi connectivity index (χ0v) is 8.76. The van der Waals surface area contributed by atoms with Crippen LogP contribution >= 0.6 is 0 Å². The quantitative estimate of drug-likeness (QED) is 0.846. The Labute approximate surface area is 92.9 Å². The molecule has 82 valence electrons. The van der Waals surface area contributed by atoms with Gasteiger partial charge in [0.1, 0.15) is 0 Å². The molecule has 0 amide bonds. The van der Waals surface area contributed by atoms with Gasteiger partial charge in [0.25, 0.3) is 0 Å². The van der Waals surface area contributed by atoms with E-state index < -0.39 is 0 Å². The molecule has 2 heterocycles. The van der Waals surface area contributed by atoms with Crippen LogP contribution < -0.4 is 5.32 Å². The molecule has 0 unspecified atom stereocenters. The van der Waals surface area contributed by atoms with Gasteiger partial charge in [0.15, 0.2) is 0 Å². The molecule has 2 aromatic heterocycles. The van der Waals surface area contributed by atoms with Crippen LogP contribution in [0.5, 0.6) is 0 Å². The lowest BCUT2D eigenvalue weighted by molar-refractivity contribution is 0.507. The first-order chi connectivity index (χ1) is 7.92. The van der Waals surface area contributed by atoms with Crippen LogP contribution in [0.1, 0.15) is 30.2 Å². The third kappa shape index (κ3) is 2.03. The number of rotatable bonds is 4. The molecule has 1 aliphatic carbocycles. The van der Waals surface area contributed by atoms with E-state index in [1.807, 2.05) is 18.3 Å². The summed E-state index contributed by atoms with van der Waals surface area (Å²) in [7, 11) is 0. The molecule has 1 N–H and O–H groups in total. The monoisotopic (exact) mass is 216 g/mol. The van der Waals surface area contributed by atoms with Gasteiger partial charge >= 0.3 is 6.01 Å². The number of anilines is 1. The van der Waals surface area contributed by atoms with Crippen LogP contribution in [0.2, 0.25) is 0 Å². The topological polar surface area (TPSA) is 63.8 Å². The lowest BCUT2D eigenvalue weighted by Gasteiger charge is -1.99. The van der Waals surface area contributed by atoms with E-state index in [0.717, 1.165) is 11.5 Å². The Morgan fingerprint density at radius 2 is 2.31 bits per heavy atom. The van der Waals surface area contributed by atoms with Gasteiger partial charge in [-0.3, -0.25) is 4.98 Å². The van der Waals surface area contributed by atoms with Gasteiger partial charge in [-0.05, 0) is 24.5 Å². The van der Waals surface area contributed by atoms with Crippen molar-refractivity contribution in [3.05, 3.63) is 36.0 Å². The van der Waals surface area contributed by atoms with E-state index in [-0.39, 0.29) is 0 Å². The Kier molecular flexibility index (Phi) is 2.29. The largest absolute Gasteiger partial charge is 0.408 e. The third-order valence-electron chi connectivity index (χ3n) is 2.53. The molecule has 2 aromatic rings. The maximum atomic E-state index is 5.48. The van der Waals surface area contributed by atoms with Crippen molar-refractivity contribution in [1.29, 1.82) is 0 Å². The average molecular weight is 216 g/mol. The standard InChI is InChI=1S/C11H12N4O/c1-2-8(6-12-5-1)7-13-11-15-14-10(16-11)9-3-4-9/h1-2,5-6,9H,3-4,7H2,(H,13,15). The Morgan fingerprint density at radius 3 is 3.06 bits per heavy atom. The van der Waals surface area contributed by atoms with Gasteiger partial charge in [-0.1, -0.05) is 11.2 Å². The van der Waals surface area contributed by atoms with E-state index in [0.29, 0.717) is 18.5 Å². The zero-order valence-electron chi connectivity index (χ0n) is 8.76. The molecule has 0 aliphatic heterocycles. The highest BCUT2D eigenvalue weighted by Gasteiger charge is 2.29. The maximum Gasteiger partial charge on any atom is 0.315 e. The molecule has 3 rings (SSSR count). The van der Waals surface area contributed by atoms with Crippen LogP contribution in [-0.4, -0.2) is 15.2 Å². The fraction of sp³-hybridized carbons (Fsp3) is 0.364. The summed E-state index contributed by atoms with van der Waals surface area (Å²) in [6.07, 6.45) is 5.90. The van der Waals surface area contributed by atoms with Crippen LogP contribution in [-0.2, 0) is 6.54 Å². The highest BCUT2D eigenvalue weighted by Crippen LogP contribution is 2.39. The van der Waals surface area contributed by atoms with Gasteiger partial charge in [-0.2, -0.15) is 0 Å². The fourth-order valence-corrected chi connectivity index (χ4v) is 1.48. The van der Waals surface area contributed by atoms with Crippen molar-refractivity contribution in [2.75, 3.05) is 5.32 Å². The number of hydrogen-bond donors (Lipinski definition) is 1. The molecular weight excluding hydrogens is 204 g/mol. The Morgan fingerprint density at radius 1 is 1.38 bits per heavy atom. The minimum absolute atomic E-state index is 0.491. The van der Waals surface area contributed by atoms with Gasteiger partial charge in [0.2, 0.25) is 5.89 Å². The summed E-state index contributed by atoms with van der Waals surface area (Å²) in [6, 6.07) is 4.39. The van der Waals surface area contributed by atoms with Crippen molar-refractivity contribution in [1.82, 2.24) is 15.2 Å². The van der Waals surface area contributed by atoms with Crippen molar-refractivity contribution in [3.63, 3.8) is 0 Å². The third-order valence-corrected chi connectivity index (χ3v) is 2.53. The SMILES string of the molecule is c1cncc(CNc2nnc(C3CC3)o2)c1. The molecule has 0 atom stereocenters. The second-order valence-corrected chi connectivity index (χ2v) is 3.93. The molecule has 0 radical (unpaired) electrons. The minimum Gasteiger partial charge on any atom is -0.408 e. The molecule has 0 saturated heterocycles. The summed E-state index contributed by atoms with van der Waals surface area (Å²) >= 11 is 0. The van der Waals surface area contributed by atoms with E-state index in [2.05, 4.69) is 20.5 Å². The summed E-state index contributed by atoms with van der Waals surface area (Å²) in [5.74, 6) is 1.26. The van der Waals surface area contributed by atoms with Gasteiger partial charge in [-0.15, -0.1) is 5.10 Å². The molecule has 0 aromatic carbocycles. The molecular formula is C11H12N4O. The number of aromatic nitrogens is 3. The predicted octanol–water partition coefficient (Wildman–Crippen LogP) is 1.95. The van der Waals surface area contributed by atoms with Gasteiger partial charge < -0.3 is 9.73 Å². The number of hydrogen-bond acceptors (Lipinski definition) is 5. The Hall–Kier alpha value is -1.91. The van der Waals surface area contributed by atoms with E-state index in [1.165, 1.54) is 12.8 Å². The Balaban J connectivity index is 1.61. The Bertz CT molecular complexity index is 464. The van der Waals surface area contributed by atoms with Gasteiger partial charge in [0, 0.05) is 24.9 Å². The van der Waals surface area contributed by atoms with Crippen LogP contribution in [0.15, 0.2) is 28.9 Å². The second-order valence-electron chi connectivity index (χ2n) is 3.93. The lowest BCUT2D eigenvalue weighted by atomic mass is 10.3. The number of pyridine rings is 1. The normalized spacial score (nSPS) is 15.0. The first-order valence-electron chi connectivity index (χ1n) is 5.38. The molecule has 5 nitrogen and oxygen atoms in total. The summed E-state index contributed by atoms with van der Waals surface area (Å²) < 4.78 is 5.48. The van der Waals surface area contributed by atoms with Crippen molar-refractivity contribution in [3.8, 4) is 0 Å². The molecule has 1 fully saturated rings. The summed E-state index contributed by atoms with van der Waals surface area (Å²) in [4.78, 5) is 4.03. The smallest absolute Gasteiger partial charge is 0.315 e. The number of nitrogens with zero attached hydrogens (tertiary/aromatic N) is 3. The maximum absolute atomic E-state index is 5.48. The summed E-state index contributed by atoms with van der Waals surface area (Å²) in [6.45, 7) is 0.653. The molecule has 5 heteroatoms. The second kappa shape index (κ2) is 3.92. The van der Waals surface area contributed by atoms with E-state index in [1.54, 1.807) is 6.20 Å². The molecule has 16 heavy (non-hydrogen) atoms. The lowest BCUT2D eigenvalue weighted by Crippen LogP contribution is -1.99. The summed E-state index contributed by atoms with van der Waals surface area (Å²) in [5, 5.41) is 11.0. The van der Waals surface area contributed by atoms with Crippen molar-refractivity contribution in [2.24, 2.45) is 0 Å². The van der Waals surface area contributed by atoms with Crippen LogP contribution in [0.3, 0.4) is 0 Å². The predicted molar refractivity (Wildman–Crippen MR) is 57.8 cm³/mol. The molecule has 1 aliphatic rings. The van der Waals surface area contributed by atoms with Crippen LogP contribution in [0.4, 0.5) is 6.01 Å². The summed E-state index contributed by atoms with van der Waals surface area (Å²) in [5.41, 5.74) is 1.09. The van der Waals surface area contributed by atoms with E-state index in [9.17, 15) is 0 Å². The van der Waals surface area contributed by atoms with E-state index >= 15 is 0 Å². The van der Waals surface area contributed by atoms with Gasteiger partial charge in [0.05, 0.1) is 0 Å². The van der Waals surface area contributed by atoms with Crippen molar-refractivity contribution >= 4 is 6.01 Å². The van der Waals surface area contributed by atoms with Crippen molar-refractivity contribution < 1.29 is 4.42 Å². The van der Waals surface area contributed by atoms with Crippen LogP contribution in [0, 0.1) is 0 Å². The van der Waals surface area contributed by atoms with E-state index in [4.69, 9.17) is 4.42 Å². The first kappa shape index (κ1) is 9.33. The highest BCUT2D eigenvalue weighted by molar-refractivity contribution is 5.22. The van der Waals surface area contributed by atoms with Gasteiger partial charge in [-0.25, -0.2) is 0 Å².